The molecule has 1 saturated carbocycles. The van der Waals surface area contributed by atoms with E-state index in [1.54, 1.807) is 30.3 Å². The van der Waals surface area contributed by atoms with Crippen LogP contribution >= 0.6 is 23.2 Å². The molecule has 1 N–H and O–H groups in total. The summed E-state index contributed by atoms with van der Waals surface area (Å²) in [5, 5.41) is 3.74. The maximum Gasteiger partial charge on any atom is 0.338 e. The lowest BCUT2D eigenvalue weighted by molar-refractivity contribution is -0.129. The normalized spacial score (nSPS) is 26.0. The van der Waals surface area contributed by atoms with E-state index in [4.69, 9.17) is 32.9 Å². The first-order valence-electron chi connectivity index (χ1n) is 14.6. The molecule has 0 radical (unpaired) electrons. The first kappa shape index (κ1) is 27.1. The molecule has 220 valence electrons. The van der Waals surface area contributed by atoms with E-state index in [-0.39, 0.29) is 22.9 Å². The Kier molecular flexibility index (Phi) is 6.00. The van der Waals surface area contributed by atoms with Crippen LogP contribution in [0.1, 0.15) is 63.1 Å². The largest absolute Gasteiger partial charge is 0.465 e. The van der Waals surface area contributed by atoms with Gasteiger partial charge in [0.05, 0.1) is 23.4 Å². The molecule has 0 unspecified atom stereocenters. The Hall–Kier alpha value is -3.46. The number of likely N-dealkylation sites (tertiary alicyclic amines) is 1. The van der Waals surface area contributed by atoms with Crippen LogP contribution in [-0.2, 0) is 22.4 Å². The molecule has 4 heterocycles. The predicted molar refractivity (Wildman–Crippen MR) is 162 cm³/mol. The summed E-state index contributed by atoms with van der Waals surface area (Å²) in [5.74, 6) is -1.44. The molecule has 4 atom stereocenters. The third-order valence-electron chi connectivity index (χ3n) is 10.1. The Morgan fingerprint density at radius 3 is 2.79 bits per heavy atom. The fourth-order valence-corrected chi connectivity index (χ4v) is 8.36. The molecule has 10 heteroatoms. The molecule has 2 aromatic heterocycles. The predicted octanol–water partition coefficient (Wildman–Crippen LogP) is 6.33. The number of aryl methyl sites for hydroxylation is 1. The number of aromatic nitrogens is 2. The Bertz CT molecular complexity index is 1870. The summed E-state index contributed by atoms with van der Waals surface area (Å²) in [6.45, 7) is 2.62. The van der Waals surface area contributed by atoms with Crippen molar-refractivity contribution in [3.63, 3.8) is 0 Å². The molecule has 2 aliphatic heterocycles. The number of nitrogens with zero attached hydrogens (tertiary/aromatic N) is 3. The minimum absolute atomic E-state index is 0.0276. The minimum atomic E-state index is -1.06. The number of hydrogen-bond donors (Lipinski definition) is 1. The van der Waals surface area contributed by atoms with Gasteiger partial charge in [-0.25, -0.2) is 14.2 Å². The summed E-state index contributed by atoms with van der Waals surface area (Å²) in [7, 11) is 1.36. The SMILES string of the molecule is COC(=O)c1cc2nc3c(n2cc1C)C[C@H]1[C@@H]3[C@H](c2cccc(Cl)c2F)[C@@]2(Cc3ccc(Cl)cc3NC2=O)N1CC1CC1. The number of esters is 1. The highest BCUT2D eigenvalue weighted by Gasteiger charge is 2.67. The van der Waals surface area contributed by atoms with E-state index >= 15 is 4.39 Å². The zero-order valence-corrected chi connectivity index (χ0v) is 25.2. The number of methoxy groups -OCH3 is 1. The highest BCUT2D eigenvalue weighted by atomic mass is 35.5. The number of pyridine rings is 1. The second-order valence-electron chi connectivity index (χ2n) is 12.4. The molecule has 1 spiro atoms. The Labute approximate surface area is 257 Å². The Balaban J connectivity index is 1.37. The van der Waals surface area contributed by atoms with Crippen LogP contribution in [0.25, 0.3) is 5.65 Å². The average Bonchev–Trinajstić information content (AvgIpc) is 3.58. The van der Waals surface area contributed by atoms with Crippen molar-refractivity contribution in [2.45, 2.75) is 56.0 Å². The number of carbonyl (C=O) groups excluding carboxylic acids is 2. The van der Waals surface area contributed by atoms with Crippen LogP contribution in [0.2, 0.25) is 10.0 Å². The maximum absolute atomic E-state index is 16.2. The van der Waals surface area contributed by atoms with E-state index in [1.165, 1.54) is 7.11 Å². The van der Waals surface area contributed by atoms with Crippen LogP contribution in [0, 0.1) is 18.7 Å². The number of rotatable bonds is 4. The van der Waals surface area contributed by atoms with E-state index in [2.05, 4.69) is 10.2 Å². The molecule has 4 aromatic rings. The summed E-state index contributed by atoms with van der Waals surface area (Å²) < 4.78 is 23.2. The lowest BCUT2D eigenvalue weighted by Crippen LogP contribution is -2.61. The van der Waals surface area contributed by atoms with Gasteiger partial charge in [-0.1, -0.05) is 41.4 Å². The van der Waals surface area contributed by atoms with Crippen molar-refractivity contribution in [2.24, 2.45) is 5.92 Å². The van der Waals surface area contributed by atoms with Gasteiger partial charge in [0.25, 0.3) is 0 Å². The number of imidazole rings is 1. The van der Waals surface area contributed by atoms with Gasteiger partial charge < -0.3 is 14.5 Å². The highest BCUT2D eigenvalue weighted by Crippen LogP contribution is 2.61. The quantitative estimate of drug-likeness (QED) is 0.271. The van der Waals surface area contributed by atoms with E-state index in [1.807, 2.05) is 29.7 Å². The molecule has 43 heavy (non-hydrogen) atoms. The molecule has 1 saturated heterocycles. The topological polar surface area (TPSA) is 75.9 Å². The first-order valence-corrected chi connectivity index (χ1v) is 15.4. The number of nitrogens with one attached hydrogen (secondary N) is 1. The monoisotopic (exact) mass is 618 g/mol. The fourth-order valence-electron chi connectivity index (χ4n) is 8.01. The summed E-state index contributed by atoms with van der Waals surface area (Å²) in [6.07, 6.45) is 5.21. The molecule has 1 amide bonds. The smallest absolute Gasteiger partial charge is 0.338 e. The van der Waals surface area contributed by atoms with Crippen molar-refractivity contribution in [1.82, 2.24) is 14.3 Å². The minimum Gasteiger partial charge on any atom is -0.465 e. The molecular formula is C33H29Cl2FN4O3. The number of benzene rings is 2. The van der Waals surface area contributed by atoms with Crippen molar-refractivity contribution >= 4 is 46.4 Å². The van der Waals surface area contributed by atoms with Gasteiger partial charge in [0.15, 0.2) is 0 Å². The molecule has 2 fully saturated rings. The summed E-state index contributed by atoms with van der Waals surface area (Å²) in [5.41, 5.74) is 4.73. The zero-order valence-electron chi connectivity index (χ0n) is 23.7. The van der Waals surface area contributed by atoms with Crippen LogP contribution in [0.3, 0.4) is 0 Å². The van der Waals surface area contributed by atoms with Gasteiger partial charge in [-0.3, -0.25) is 9.69 Å². The second kappa shape index (κ2) is 9.52. The van der Waals surface area contributed by atoms with Crippen molar-refractivity contribution in [3.05, 3.63) is 98.2 Å². The van der Waals surface area contributed by atoms with E-state index < -0.39 is 23.2 Å². The molecule has 0 bridgehead atoms. The highest BCUT2D eigenvalue weighted by molar-refractivity contribution is 6.31. The van der Waals surface area contributed by atoms with E-state index in [9.17, 15) is 9.59 Å². The number of halogens is 3. The molecule has 4 aliphatic rings. The van der Waals surface area contributed by atoms with Crippen LogP contribution in [0.15, 0.2) is 48.7 Å². The number of anilines is 1. The maximum atomic E-state index is 16.2. The van der Waals surface area contributed by atoms with Gasteiger partial charge in [0, 0.05) is 59.9 Å². The summed E-state index contributed by atoms with van der Waals surface area (Å²) in [4.78, 5) is 34.5. The Morgan fingerprint density at radius 1 is 1.21 bits per heavy atom. The van der Waals surface area contributed by atoms with Gasteiger partial charge in [0.2, 0.25) is 5.91 Å². The second-order valence-corrected chi connectivity index (χ2v) is 13.2. The molecule has 8 rings (SSSR count). The van der Waals surface area contributed by atoms with E-state index in [0.717, 1.165) is 41.9 Å². The van der Waals surface area contributed by atoms with Gasteiger partial charge in [-0.15, -0.1) is 0 Å². The summed E-state index contributed by atoms with van der Waals surface area (Å²) in [6, 6.07) is 12.3. The van der Waals surface area contributed by atoms with Gasteiger partial charge in [0.1, 0.15) is 17.0 Å². The van der Waals surface area contributed by atoms with Crippen LogP contribution in [-0.4, -0.2) is 51.4 Å². The fraction of sp³-hybridized carbons (Fsp3) is 0.364. The number of hydrogen-bond acceptors (Lipinski definition) is 5. The molecule has 2 aliphatic carbocycles. The van der Waals surface area contributed by atoms with Crippen LogP contribution in [0.5, 0.6) is 0 Å². The first-order chi connectivity index (χ1) is 20.7. The lowest BCUT2D eigenvalue weighted by atomic mass is 9.69. The number of ether oxygens (including phenoxy) is 1. The van der Waals surface area contributed by atoms with Gasteiger partial charge >= 0.3 is 5.97 Å². The van der Waals surface area contributed by atoms with Crippen molar-refractivity contribution in [3.8, 4) is 0 Å². The Morgan fingerprint density at radius 2 is 2.02 bits per heavy atom. The van der Waals surface area contributed by atoms with Gasteiger partial charge in [-0.05, 0) is 66.6 Å². The number of carbonyl (C=O) groups is 2. The van der Waals surface area contributed by atoms with Crippen LogP contribution < -0.4 is 5.32 Å². The lowest BCUT2D eigenvalue weighted by Gasteiger charge is -2.46. The molecular weight excluding hydrogens is 590 g/mol. The molecule has 2 aromatic carbocycles. The number of amides is 1. The third kappa shape index (κ3) is 3.85. The molecule has 7 nitrogen and oxygen atoms in total. The van der Waals surface area contributed by atoms with Crippen LogP contribution in [0.4, 0.5) is 10.1 Å². The van der Waals surface area contributed by atoms with Crippen molar-refractivity contribution in [1.29, 1.82) is 0 Å². The standard InChI is InChI=1S/C33H29Cl2FN4O3/c1-16-14-39-25-12-24-27(30(25)38-26(39)11-21(16)31(41)43-2)28(20-4-3-5-22(35)29(20)36)33(40(24)15-17-6-7-17)13-18-8-9-19(34)10-23(18)37-32(33)42/h3-5,8-11,14,17,24,27-28H,6-7,12-13,15H2,1-2H3,(H,37,42)/t24-,27+,28-,33+/m0/s1. The summed E-state index contributed by atoms with van der Waals surface area (Å²) >= 11 is 12.7. The average molecular weight is 620 g/mol. The van der Waals surface area contributed by atoms with Crippen molar-refractivity contribution in [2.75, 3.05) is 19.0 Å². The van der Waals surface area contributed by atoms with Crippen molar-refractivity contribution < 1.29 is 18.7 Å². The van der Waals surface area contributed by atoms with E-state index in [0.29, 0.717) is 46.2 Å². The zero-order chi connectivity index (χ0) is 29.8. The number of fused-ring (bicyclic) bond motifs is 6. The van der Waals surface area contributed by atoms with Gasteiger partial charge in [-0.2, -0.15) is 0 Å². The third-order valence-corrected chi connectivity index (χ3v) is 10.6.